The van der Waals surface area contributed by atoms with Crippen LogP contribution in [0.15, 0.2) is 0 Å². The van der Waals surface area contributed by atoms with E-state index in [0.29, 0.717) is 17.7 Å². The predicted octanol–water partition coefficient (Wildman–Crippen LogP) is 2.22. The van der Waals surface area contributed by atoms with Crippen LogP contribution in [0.25, 0.3) is 0 Å². The average Bonchev–Trinajstić information content (AvgIpc) is 2.72. The molecule has 0 aliphatic heterocycles. The molecular formula is C13H27NO2S. The third-order valence-electron chi connectivity index (χ3n) is 4.31. The first-order valence-electron chi connectivity index (χ1n) is 6.77. The first-order chi connectivity index (χ1) is 7.88. The molecule has 17 heavy (non-hydrogen) atoms. The molecule has 0 saturated heterocycles. The maximum atomic E-state index is 12.1. The predicted molar refractivity (Wildman–Crippen MR) is 72.9 cm³/mol. The largest absolute Gasteiger partial charge is 0.317 e. The van der Waals surface area contributed by atoms with E-state index in [0.717, 1.165) is 6.42 Å². The van der Waals surface area contributed by atoms with Gasteiger partial charge in [-0.15, -0.1) is 0 Å². The molecule has 3 nitrogen and oxygen atoms in total. The highest BCUT2D eigenvalue weighted by Gasteiger charge is 2.29. The van der Waals surface area contributed by atoms with E-state index in [1.165, 1.54) is 19.3 Å². The molecule has 3 atom stereocenters. The minimum Gasteiger partial charge on any atom is -0.317 e. The van der Waals surface area contributed by atoms with Crippen LogP contribution in [-0.4, -0.2) is 32.5 Å². The van der Waals surface area contributed by atoms with Crippen LogP contribution in [0.5, 0.6) is 0 Å². The molecule has 102 valence electrons. The van der Waals surface area contributed by atoms with E-state index in [-0.39, 0.29) is 11.2 Å². The van der Waals surface area contributed by atoms with Crippen molar-refractivity contribution in [2.75, 3.05) is 12.8 Å². The number of hydrogen-bond donors (Lipinski definition) is 1. The highest BCUT2D eigenvalue weighted by molar-refractivity contribution is 7.92. The summed E-state index contributed by atoms with van der Waals surface area (Å²) in [5.74, 6) is 1.12. The molecule has 0 amide bonds. The minimum atomic E-state index is -2.91. The number of rotatable bonds is 6. The van der Waals surface area contributed by atoms with E-state index < -0.39 is 9.84 Å². The third-order valence-corrected chi connectivity index (χ3v) is 6.79. The van der Waals surface area contributed by atoms with E-state index >= 15 is 0 Å². The average molecular weight is 261 g/mol. The molecule has 0 aromatic carbocycles. The Bertz CT molecular complexity index is 324. The Balaban J connectivity index is 2.50. The van der Waals surface area contributed by atoms with Gasteiger partial charge in [0.2, 0.25) is 0 Å². The Hall–Kier alpha value is -0.0900. The second kappa shape index (κ2) is 6.19. The van der Waals surface area contributed by atoms with Crippen LogP contribution in [0.2, 0.25) is 0 Å². The molecule has 0 heterocycles. The van der Waals surface area contributed by atoms with E-state index in [4.69, 9.17) is 0 Å². The molecule has 1 N–H and O–H groups in total. The van der Waals surface area contributed by atoms with Gasteiger partial charge in [-0.2, -0.15) is 0 Å². The van der Waals surface area contributed by atoms with E-state index in [2.05, 4.69) is 5.32 Å². The molecule has 0 bridgehead atoms. The molecule has 1 saturated carbocycles. The van der Waals surface area contributed by atoms with Crippen molar-refractivity contribution >= 4 is 9.84 Å². The fraction of sp³-hybridized carbons (Fsp3) is 1.00. The van der Waals surface area contributed by atoms with Gasteiger partial charge >= 0.3 is 0 Å². The maximum absolute atomic E-state index is 12.1. The van der Waals surface area contributed by atoms with Crippen LogP contribution in [0.4, 0.5) is 0 Å². The normalized spacial score (nSPS) is 27.6. The van der Waals surface area contributed by atoms with Crippen molar-refractivity contribution in [2.24, 2.45) is 11.8 Å². The van der Waals surface area contributed by atoms with Crippen molar-refractivity contribution in [3.63, 3.8) is 0 Å². The summed E-state index contributed by atoms with van der Waals surface area (Å²) in [5, 5.41) is 3.10. The van der Waals surface area contributed by atoms with Crippen molar-refractivity contribution in [1.82, 2.24) is 5.32 Å². The molecule has 1 aliphatic carbocycles. The van der Waals surface area contributed by atoms with Crippen LogP contribution in [0.3, 0.4) is 0 Å². The van der Waals surface area contributed by atoms with Gasteiger partial charge in [0.1, 0.15) is 0 Å². The van der Waals surface area contributed by atoms with Crippen LogP contribution in [-0.2, 0) is 9.84 Å². The fourth-order valence-electron chi connectivity index (χ4n) is 2.68. The maximum Gasteiger partial charge on any atom is 0.153 e. The standard InChI is InChI=1S/C13H27NO2S/c1-10(2)11(3)17(15,16)9-8-12-6-5-7-13(12)14-4/h10-14H,5-9H2,1-4H3. The lowest BCUT2D eigenvalue weighted by Crippen LogP contribution is -2.32. The topological polar surface area (TPSA) is 46.2 Å². The van der Waals surface area contributed by atoms with Gasteiger partial charge in [0, 0.05) is 6.04 Å². The number of nitrogens with one attached hydrogen (secondary N) is 1. The Morgan fingerprint density at radius 1 is 1.24 bits per heavy atom. The summed E-state index contributed by atoms with van der Waals surface area (Å²) in [7, 11) is -0.926. The molecule has 0 spiro atoms. The molecule has 3 unspecified atom stereocenters. The van der Waals surface area contributed by atoms with Crippen LogP contribution < -0.4 is 5.32 Å². The molecule has 1 rings (SSSR count). The quantitative estimate of drug-likeness (QED) is 0.797. The fourth-order valence-corrected chi connectivity index (χ4v) is 4.51. The van der Waals surface area contributed by atoms with Gasteiger partial charge in [-0.3, -0.25) is 0 Å². The number of sulfone groups is 1. The monoisotopic (exact) mass is 261 g/mol. The van der Waals surface area contributed by atoms with Crippen molar-refractivity contribution in [2.45, 2.75) is 57.7 Å². The van der Waals surface area contributed by atoms with Gasteiger partial charge in [-0.05, 0) is 45.1 Å². The summed E-state index contributed by atoms with van der Waals surface area (Å²) in [6.45, 7) is 5.80. The van der Waals surface area contributed by atoms with Crippen LogP contribution in [0, 0.1) is 11.8 Å². The minimum absolute atomic E-state index is 0.211. The summed E-state index contributed by atoms with van der Waals surface area (Å²) in [6.07, 6.45) is 4.43. The Morgan fingerprint density at radius 2 is 1.88 bits per heavy atom. The molecule has 1 aliphatic rings. The second-order valence-electron chi connectivity index (χ2n) is 5.69. The van der Waals surface area contributed by atoms with Gasteiger partial charge in [0.05, 0.1) is 11.0 Å². The van der Waals surface area contributed by atoms with E-state index in [1.54, 1.807) is 0 Å². The van der Waals surface area contributed by atoms with E-state index in [1.807, 2.05) is 27.8 Å². The first-order valence-corrected chi connectivity index (χ1v) is 8.49. The summed E-state index contributed by atoms with van der Waals surface area (Å²) in [4.78, 5) is 0. The lowest BCUT2D eigenvalue weighted by atomic mass is 10.0. The second-order valence-corrected chi connectivity index (χ2v) is 8.17. The highest BCUT2D eigenvalue weighted by Crippen LogP contribution is 2.29. The number of hydrogen-bond acceptors (Lipinski definition) is 3. The SMILES string of the molecule is CNC1CCCC1CCS(=O)(=O)C(C)C(C)C. The lowest BCUT2D eigenvalue weighted by Gasteiger charge is -2.21. The van der Waals surface area contributed by atoms with Crippen molar-refractivity contribution < 1.29 is 8.42 Å². The molecular weight excluding hydrogens is 234 g/mol. The highest BCUT2D eigenvalue weighted by atomic mass is 32.2. The van der Waals surface area contributed by atoms with Gasteiger partial charge in [-0.25, -0.2) is 8.42 Å². The Labute approximate surface area is 106 Å². The van der Waals surface area contributed by atoms with Gasteiger partial charge in [0.15, 0.2) is 9.84 Å². The van der Waals surface area contributed by atoms with Crippen LogP contribution in [0.1, 0.15) is 46.5 Å². The molecule has 1 fully saturated rings. The van der Waals surface area contributed by atoms with Gasteiger partial charge in [0.25, 0.3) is 0 Å². The van der Waals surface area contributed by atoms with Crippen molar-refractivity contribution in [3.05, 3.63) is 0 Å². The smallest absolute Gasteiger partial charge is 0.153 e. The summed E-state index contributed by atoms with van der Waals surface area (Å²) >= 11 is 0. The molecule has 0 radical (unpaired) electrons. The van der Waals surface area contributed by atoms with Gasteiger partial charge in [-0.1, -0.05) is 20.3 Å². The van der Waals surface area contributed by atoms with Crippen molar-refractivity contribution in [3.8, 4) is 0 Å². The summed E-state index contributed by atoms with van der Waals surface area (Å²) < 4.78 is 24.2. The zero-order valence-electron chi connectivity index (χ0n) is 11.6. The molecule has 4 heteroatoms. The van der Waals surface area contributed by atoms with Gasteiger partial charge < -0.3 is 5.32 Å². The zero-order valence-corrected chi connectivity index (χ0v) is 12.4. The molecule has 0 aromatic rings. The summed E-state index contributed by atoms with van der Waals surface area (Å²) in [6, 6.07) is 0.527. The first kappa shape index (κ1) is 15.0. The van der Waals surface area contributed by atoms with Crippen molar-refractivity contribution in [1.29, 1.82) is 0 Å². The lowest BCUT2D eigenvalue weighted by molar-refractivity contribution is 0.412. The zero-order chi connectivity index (χ0) is 13.1. The van der Waals surface area contributed by atoms with Crippen LogP contribution >= 0.6 is 0 Å². The third kappa shape index (κ3) is 3.95. The molecule has 0 aromatic heterocycles. The Morgan fingerprint density at radius 3 is 2.41 bits per heavy atom. The Kier molecular flexibility index (Phi) is 5.45. The van der Waals surface area contributed by atoms with E-state index in [9.17, 15) is 8.42 Å². The summed E-state index contributed by atoms with van der Waals surface area (Å²) in [5.41, 5.74) is 0.